The van der Waals surface area contributed by atoms with Crippen LogP contribution in [0.15, 0.2) is 18.2 Å². The van der Waals surface area contributed by atoms with Gasteiger partial charge in [0.15, 0.2) is 0 Å². The standard InChI is InChI=1S/C16H20ClN/c1-15(2)10-16(3,4)14(15)8-11-5-6-12(9-18)13(17)7-11/h5-7,14H,8,10H2,1-4H3. The van der Waals surface area contributed by atoms with Crippen molar-refractivity contribution in [1.82, 2.24) is 0 Å². The second-order valence-electron chi connectivity index (χ2n) is 6.84. The molecule has 0 heterocycles. The molecule has 1 fully saturated rings. The van der Waals surface area contributed by atoms with Crippen molar-refractivity contribution >= 4 is 11.6 Å². The number of hydrogen-bond donors (Lipinski definition) is 0. The molecule has 0 aliphatic heterocycles. The molecule has 0 saturated heterocycles. The molecule has 0 aromatic heterocycles. The minimum absolute atomic E-state index is 0.407. The van der Waals surface area contributed by atoms with Crippen molar-refractivity contribution in [1.29, 1.82) is 5.26 Å². The van der Waals surface area contributed by atoms with Gasteiger partial charge in [-0.15, -0.1) is 0 Å². The molecule has 18 heavy (non-hydrogen) atoms. The Kier molecular flexibility index (Phi) is 3.19. The summed E-state index contributed by atoms with van der Waals surface area (Å²) in [6.45, 7) is 9.37. The molecule has 0 bridgehead atoms. The summed E-state index contributed by atoms with van der Waals surface area (Å²) in [5.41, 5.74) is 2.62. The van der Waals surface area contributed by atoms with E-state index in [2.05, 4.69) is 33.8 Å². The second kappa shape index (κ2) is 4.28. The Labute approximate surface area is 115 Å². The zero-order chi connectivity index (χ0) is 13.6. The van der Waals surface area contributed by atoms with Gasteiger partial charge in [-0.05, 0) is 47.3 Å². The van der Waals surface area contributed by atoms with Crippen LogP contribution in [0.25, 0.3) is 0 Å². The van der Waals surface area contributed by atoms with Gasteiger partial charge in [0.25, 0.3) is 0 Å². The highest BCUT2D eigenvalue weighted by atomic mass is 35.5. The Bertz CT molecular complexity index is 494. The Hall–Kier alpha value is -1.00. The van der Waals surface area contributed by atoms with E-state index in [1.54, 1.807) is 0 Å². The maximum atomic E-state index is 8.88. The molecular formula is C16H20ClN. The number of hydrogen-bond acceptors (Lipinski definition) is 1. The van der Waals surface area contributed by atoms with Crippen LogP contribution in [-0.2, 0) is 6.42 Å². The molecule has 1 aliphatic carbocycles. The van der Waals surface area contributed by atoms with Crippen LogP contribution in [0.3, 0.4) is 0 Å². The summed E-state index contributed by atoms with van der Waals surface area (Å²) >= 11 is 6.09. The van der Waals surface area contributed by atoms with Gasteiger partial charge in [-0.1, -0.05) is 45.4 Å². The van der Waals surface area contributed by atoms with Crippen LogP contribution >= 0.6 is 11.6 Å². The van der Waals surface area contributed by atoms with E-state index in [9.17, 15) is 0 Å². The highest BCUT2D eigenvalue weighted by molar-refractivity contribution is 6.31. The fourth-order valence-electron chi connectivity index (χ4n) is 3.91. The fraction of sp³-hybridized carbons (Fsp3) is 0.562. The van der Waals surface area contributed by atoms with Gasteiger partial charge < -0.3 is 0 Å². The summed E-state index contributed by atoms with van der Waals surface area (Å²) < 4.78 is 0. The first-order valence-electron chi connectivity index (χ1n) is 6.45. The third-order valence-electron chi connectivity index (χ3n) is 4.39. The molecule has 0 amide bonds. The highest BCUT2D eigenvalue weighted by Crippen LogP contribution is 2.59. The maximum Gasteiger partial charge on any atom is 0.101 e. The topological polar surface area (TPSA) is 23.8 Å². The van der Waals surface area contributed by atoms with Crippen LogP contribution in [0.5, 0.6) is 0 Å². The van der Waals surface area contributed by atoms with Crippen molar-refractivity contribution in [2.75, 3.05) is 0 Å². The average molecular weight is 262 g/mol. The minimum atomic E-state index is 0.407. The Morgan fingerprint density at radius 3 is 2.33 bits per heavy atom. The van der Waals surface area contributed by atoms with Crippen LogP contribution in [0.2, 0.25) is 5.02 Å². The van der Waals surface area contributed by atoms with Gasteiger partial charge in [-0.25, -0.2) is 0 Å². The molecule has 96 valence electrons. The number of halogens is 1. The van der Waals surface area contributed by atoms with Crippen molar-refractivity contribution in [3.63, 3.8) is 0 Å². The van der Waals surface area contributed by atoms with Gasteiger partial charge in [0.2, 0.25) is 0 Å². The van der Waals surface area contributed by atoms with Crippen molar-refractivity contribution in [2.45, 2.75) is 40.5 Å². The van der Waals surface area contributed by atoms with Gasteiger partial charge >= 0.3 is 0 Å². The molecule has 0 spiro atoms. The number of nitriles is 1. The molecule has 1 aromatic rings. The van der Waals surface area contributed by atoms with Crippen molar-refractivity contribution < 1.29 is 0 Å². The van der Waals surface area contributed by atoms with Crippen molar-refractivity contribution in [3.8, 4) is 6.07 Å². The summed E-state index contributed by atoms with van der Waals surface area (Å²) in [7, 11) is 0. The summed E-state index contributed by atoms with van der Waals surface area (Å²) in [4.78, 5) is 0. The largest absolute Gasteiger partial charge is 0.192 e. The molecule has 1 aromatic carbocycles. The lowest BCUT2D eigenvalue weighted by atomic mass is 9.47. The fourth-order valence-corrected chi connectivity index (χ4v) is 4.16. The Morgan fingerprint density at radius 1 is 1.28 bits per heavy atom. The summed E-state index contributed by atoms with van der Waals surface area (Å²) in [5, 5.41) is 9.45. The lowest BCUT2D eigenvalue weighted by Crippen LogP contribution is -2.51. The van der Waals surface area contributed by atoms with Gasteiger partial charge in [0.1, 0.15) is 6.07 Å². The minimum Gasteiger partial charge on any atom is -0.192 e. The lowest BCUT2D eigenvalue weighted by molar-refractivity contribution is -0.0793. The third kappa shape index (κ3) is 2.27. The van der Waals surface area contributed by atoms with E-state index in [0.29, 0.717) is 27.3 Å². The molecule has 0 atom stereocenters. The van der Waals surface area contributed by atoms with Crippen molar-refractivity contribution in [2.24, 2.45) is 16.7 Å². The predicted molar refractivity (Wildman–Crippen MR) is 75.5 cm³/mol. The third-order valence-corrected chi connectivity index (χ3v) is 4.70. The Morgan fingerprint density at radius 2 is 1.89 bits per heavy atom. The molecule has 0 radical (unpaired) electrons. The van der Waals surface area contributed by atoms with Crippen molar-refractivity contribution in [3.05, 3.63) is 34.3 Å². The molecular weight excluding hydrogens is 242 g/mol. The summed E-state index contributed by atoms with van der Waals surface area (Å²) in [6.07, 6.45) is 2.32. The maximum absolute atomic E-state index is 8.88. The molecule has 2 rings (SSSR count). The second-order valence-corrected chi connectivity index (χ2v) is 7.24. The number of benzene rings is 1. The van der Waals surface area contributed by atoms with Crippen LogP contribution in [0.1, 0.15) is 45.2 Å². The average Bonchev–Trinajstić information content (AvgIpc) is 2.24. The van der Waals surface area contributed by atoms with E-state index in [1.165, 1.54) is 12.0 Å². The lowest BCUT2D eigenvalue weighted by Gasteiger charge is -2.58. The summed E-state index contributed by atoms with van der Waals surface area (Å²) in [6, 6.07) is 7.92. The van der Waals surface area contributed by atoms with E-state index < -0.39 is 0 Å². The first-order chi connectivity index (χ1) is 8.26. The molecule has 1 saturated carbocycles. The zero-order valence-corrected chi connectivity index (χ0v) is 12.3. The highest BCUT2D eigenvalue weighted by Gasteiger charge is 2.52. The molecule has 2 heteroatoms. The van der Waals surface area contributed by atoms with Crippen LogP contribution in [-0.4, -0.2) is 0 Å². The zero-order valence-electron chi connectivity index (χ0n) is 11.5. The van der Waals surface area contributed by atoms with E-state index in [-0.39, 0.29) is 0 Å². The van der Waals surface area contributed by atoms with Gasteiger partial charge in [0, 0.05) is 0 Å². The van der Waals surface area contributed by atoms with Crippen LogP contribution in [0, 0.1) is 28.1 Å². The predicted octanol–water partition coefficient (Wildman–Crippen LogP) is 4.83. The smallest absolute Gasteiger partial charge is 0.101 e. The summed E-state index contributed by atoms with van der Waals surface area (Å²) in [5.74, 6) is 0.675. The van der Waals surface area contributed by atoms with Crippen LogP contribution in [0.4, 0.5) is 0 Å². The normalized spacial score (nSPS) is 21.1. The van der Waals surface area contributed by atoms with E-state index in [4.69, 9.17) is 16.9 Å². The van der Waals surface area contributed by atoms with E-state index >= 15 is 0 Å². The first-order valence-corrected chi connectivity index (χ1v) is 6.82. The molecule has 1 nitrogen and oxygen atoms in total. The van der Waals surface area contributed by atoms with E-state index in [1.807, 2.05) is 18.2 Å². The number of rotatable bonds is 2. The number of nitrogens with zero attached hydrogens (tertiary/aromatic N) is 1. The van der Waals surface area contributed by atoms with Crippen LogP contribution < -0.4 is 0 Å². The molecule has 0 unspecified atom stereocenters. The molecule has 0 N–H and O–H groups in total. The quantitative estimate of drug-likeness (QED) is 0.748. The SMILES string of the molecule is CC1(C)CC(C)(C)C1Cc1ccc(C#N)c(Cl)c1. The van der Waals surface area contributed by atoms with Gasteiger partial charge in [0.05, 0.1) is 10.6 Å². The first kappa shape index (κ1) is 13.4. The monoisotopic (exact) mass is 261 g/mol. The van der Waals surface area contributed by atoms with Gasteiger partial charge in [-0.3, -0.25) is 0 Å². The van der Waals surface area contributed by atoms with Gasteiger partial charge in [-0.2, -0.15) is 5.26 Å². The Balaban J connectivity index is 2.20. The molecule has 1 aliphatic rings. The van der Waals surface area contributed by atoms with E-state index in [0.717, 1.165) is 6.42 Å².